The van der Waals surface area contributed by atoms with Crippen LogP contribution in [-0.2, 0) is 11.2 Å². The van der Waals surface area contributed by atoms with Gasteiger partial charge in [-0.2, -0.15) is 0 Å². The van der Waals surface area contributed by atoms with E-state index in [-0.39, 0.29) is 35.0 Å². The van der Waals surface area contributed by atoms with E-state index in [1.54, 1.807) is 37.9 Å². The van der Waals surface area contributed by atoms with Crippen LogP contribution in [0.15, 0.2) is 36.4 Å². The van der Waals surface area contributed by atoms with Crippen LogP contribution >= 0.6 is 11.9 Å². The van der Waals surface area contributed by atoms with E-state index in [0.717, 1.165) is 49.4 Å². The molecular formula is C26H32F5N3OS. The molecule has 2 unspecified atom stereocenters. The molecule has 1 aliphatic heterocycles. The zero-order chi connectivity index (χ0) is 26.5. The smallest absolute Gasteiger partial charge is 0.210 e. The summed E-state index contributed by atoms with van der Waals surface area (Å²) in [5, 5.41) is 2.73. The highest BCUT2D eigenvalue weighted by Crippen LogP contribution is 2.55. The van der Waals surface area contributed by atoms with Gasteiger partial charge in [-0.05, 0) is 75.4 Å². The topological polar surface area (TPSA) is 44.4 Å². The molecular weight excluding hydrogens is 497 g/mol. The fourth-order valence-electron chi connectivity index (χ4n) is 4.80. The third kappa shape index (κ3) is 6.98. The minimum absolute atomic E-state index is 0.0898. The zero-order valence-electron chi connectivity index (χ0n) is 20.6. The number of alkyl halides is 2. The van der Waals surface area contributed by atoms with Gasteiger partial charge in [0.15, 0.2) is 0 Å². The Bertz CT molecular complexity index is 1020. The normalized spacial score (nSPS) is 20.3. The predicted octanol–water partition coefficient (Wildman–Crippen LogP) is 5.42. The van der Waals surface area contributed by atoms with Gasteiger partial charge >= 0.3 is 0 Å². The number of hydrogen-bond acceptors (Lipinski definition) is 4. The number of hydrogen-bond donors (Lipinski definition) is 2. The van der Waals surface area contributed by atoms with Crippen molar-refractivity contribution in [2.24, 2.45) is 5.41 Å². The molecule has 1 saturated carbocycles. The standard InChI is InChI=1S/C21H20F4N2OS.C5H12FN/c22-11-29-26-20-18(27(12-28)10-21(20)4-5-21)8-13-2-1-3-17(19(13)25)14-6-15(23)9-16(24)7-14;1-5(2,6)4-7-3/h1-3,6-7,9,12,18,20,26H,4-5,8,10-11H2;7H,4H2,1-3H3. The van der Waals surface area contributed by atoms with Gasteiger partial charge in [-0.15, -0.1) is 0 Å². The maximum absolute atomic E-state index is 15.3. The van der Waals surface area contributed by atoms with Crippen molar-refractivity contribution in [1.29, 1.82) is 0 Å². The second kappa shape index (κ2) is 11.9. The van der Waals surface area contributed by atoms with Crippen molar-refractivity contribution in [3.8, 4) is 11.1 Å². The lowest BCUT2D eigenvalue weighted by Crippen LogP contribution is -2.43. The Labute approximate surface area is 213 Å². The Kier molecular flexibility index (Phi) is 9.40. The monoisotopic (exact) mass is 529 g/mol. The second-order valence-corrected chi connectivity index (χ2v) is 10.7. The van der Waals surface area contributed by atoms with Crippen molar-refractivity contribution < 1.29 is 26.7 Å². The van der Waals surface area contributed by atoms with E-state index in [1.807, 2.05) is 0 Å². The minimum Gasteiger partial charge on any atom is -0.340 e. The quantitative estimate of drug-likeness (QED) is 0.259. The van der Waals surface area contributed by atoms with E-state index in [2.05, 4.69) is 10.0 Å². The van der Waals surface area contributed by atoms with Gasteiger partial charge in [0, 0.05) is 36.2 Å². The number of benzene rings is 2. The maximum Gasteiger partial charge on any atom is 0.210 e. The molecule has 1 heterocycles. The molecule has 1 aliphatic carbocycles. The van der Waals surface area contributed by atoms with E-state index in [9.17, 15) is 22.4 Å². The van der Waals surface area contributed by atoms with E-state index in [1.165, 1.54) is 6.07 Å². The molecule has 36 heavy (non-hydrogen) atoms. The second-order valence-electron chi connectivity index (χ2n) is 9.95. The van der Waals surface area contributed by atoms with Crippen LogP contribution in [0.25, 0.3) is 11.1 Å². The summed E-state index contributed by atoms with van der Waals surface area (Å²) in [5.41, 5.74) is -0.594. The number of amides is 1. The van der Waals surface area contributed by atoms with Gasteiger partial charge in [0.25, 0.3) is 0 Å². The number of carbonyl (C=O) groups is 1. The molecule has 1 saturated heterocycles. The molecule has 0 radical (unpaired) electrons. The number of nitrogens with one attached hydrogen (secondary N) is 2. The number of nitrogens with zero attached hydrogens (tertiary/aromatic N) is 1. The summed E-state index contributed by atoms with van der Waals surface area (Å²) >= 11 is 0.946. The van der Waals surface area contributed by atoms with Crippen molar-refractivity contribution in [3.05, 3.63) is 59.4 Å². The molecule has 2 N–H and O–H groups in total. The fraction of sp³-hybridized carbons (Fsp3) is 0.500. The summed E-state index contributed by atoms with van der Waals surface area (Å²) in [6.45, 7) is 4.07. The molecule has 2 aromatic rings. The number of likely N-dealkylation sites (tertiary alicyclic amines) is 1. The molecule has 2 atom stereocenters. The highest BCUT2D eigenvalue weighted by molar-refractivity contribution is 7.97. The Morgan fingerprint density at radius 2 is 1.83 bits per heavy atom. The largest absolute Gasteiger partial charge is 0.340 e. The molecule has 0 bridgehead atoms. The van der Waals surface area contributed by atoms with Crippen molar-refractivity contribution >= 4 is 18.4 Å². The zero-order valence-corrected chi connectivity index (χ0v) is 21.4. The van der Waals surface area contributed by atoms with Crippen molar-refractivity contribution in [1.82, 2.24) is 14.9 Å². The van der Waals surface area contributed by atoms with E-state index in [4.69, 9.17) is 0 Å². The highest BCUT2D eigenvalue weighted by atomic mass is 32.2. The van der Waals surface area contributed by atoms with Crippen molar-refractivity contribution in [2.75, 3.05) is 26.1 Å². The SMILES string of the molecule is CNCC(C)(C)F.O=CN1CC2(CC2)C(NSCF)C1Cc1cccc(-c2cc(F)cc(F)c2)c1F. The minimum atomic E-state index is -1.06. The Hall–Kier alpha value is -2.17. The molecule has 4 rings (SSSR count). The first kappa shape index (κ1) is 28.4. The van der Waals surface area contributed by atoms with Crippen LogP contribution in [0.1, 0.15) is 32.3 Å². The van der Waals surface area contributed by atoms with Gasteiger partial charge in [0.2, 0.25) is 6.41 Å². The van der Waals surface area contributed by atoms with E-state index in [0.29, 0.717) is 18.7 Å². The average molecular weight is 530 g/mol. The summed E-state index contributed by atoms with van der Waals surface area (Å²) in [5.74, 6) is -2.14. The van der Waals surface area contributed by atoms with Crippen LogP contribution < -0.4 is 10.0 Å². The molecule has 1 amide bonds. The summed E-state index contributed by atoms with van der Waals surface area (Å²) < 4.78 is 70.6. The van der Waals surface area contributed by atoms with E-state index >= 15 is 4.39 Å². The number of carbonyl (C=O) groups excluding carboxylic acids is 1. The van der Waals surface area contributed by atoms with Crippen LogP contribution in [0.4, 0.5) is 22.0 Å². The van der Waals surface area contributed by atoms with Crippen LogP contribution in [0.3, 0.4) is 0 Å². The molecule has 0 aromatic heterocycles. The highest BCUT2D eigenvalue weighted by Gasteiger charge is 2.59. The Morgan fingerprint density at radius 3 is 2.33 bits per heavy atom. The van der Waals surface area contributed by atoms with Crippen LogP contribution in [0, 0.1) is 22.9 Å². The fourth-order valence-corrected chi connectivity index (χ4v) is 5.45. The summed E-state index contributed by atoms with van der Waals surface area (Å²) in [6, 6.07) is 6.52. The van der Waals surface area contributed by atoms with Gasteiger partial charge in [0.05, 0.1) is 6.04 Å². The third-order valence-electron chi connectivity index (χ3n) is 6.54. The first-order valence-electron chi connectivity index (χ1n) is 11.8. The Balaban J connectivity index is 0.000000454. The lowest BCUT2D eigenvalue weighted by Gasteiger charge is -2.27. The first-order valence-corrected chi connectivity index (χ1v) is 12.7. The van der Waals surface area contributed by atoms with Gasteiger partial charge in [0.1, 0.15) is 29.1 Å². The molecule has 10 heteroatoms. The maximum atomic E-state index is 15.3. The summed E-state index contributed by atoms with van der Waals surface area (Å²) in [4.78, 5) is 13.3. The van der Waals surface area contributed by atoms with Crippen molar-refractivity contribution in [2.45, 2.75) is 50.9 Å². The van der Waals surface area contributed by atoms with Gasteiger partial charge in [-0.3, -0.25) is 9.52 Å². The molecule has 4 nitrogen and oxygen atoms in total. The average Bonchev–Trinajstić information content (AvgIpc) is 3.51. The number of rotatable bonds is 9. The molecule has 2 aromatic carbocycles. The Morgan fingerprint density at radius 1 is 1.17 bits per heavy atom. The third-order valence-corrected chi connectivity index (χ3v) is 7.07. The predicted molar refractivity (Wildman–Crippen MR) is 133 cm³/mol. The van der Waals surface area contributed by atoms with Crippen LogP contribution in [0.5, 0.6) is 0 Å². The lowest BCUT2D eigenvalue weighted by molar-refractivity contribution is -0.119. The van der Waals surface area contributed by atoms with E-state index < -0.39 is 29.1 Å². The summed E-state index contributed by atoms with van der Waals surface area (Å²) in [6.07, 6.45) is 2.85. The van der Waals surface area contributed by atoms with Crippen LogP contribution in [0.2, 0.25) is 0 Å². The first-order chi connectivity index (χ1) is 17.0. The number of halogens is 5. The van der Waals surface area contributed by atoms with Crippen LogP contribution in [-0.4, -0.2) is 55.2 Å². The lowest BCUT2D eigenvalue weighted by atomic mass is 9.91. The molecule has 198 valence electrons. The van der Waals surface area contributed by atoms with Gasteiger partial charge in [-0.1, -0.05) is 18.2 Å². The van der Waals surface area contributed by atoms with Crippen molar-refractivity contribution in [3.63, 3.8) is 0 Å². The molecule has 2 aliphatic rings. The van der Waals surface area contributed by atoms with Gasteiger partial charge < -0.3 is 10.2 Å². The molecule has 1 spiro atoms. The summed E-state index contributed by atoms with van der Waals surface area (Å²) in [7, 11) is 1.74. The molecule has 2 fully saturated rings. The van der Waals surface area contributed by atoms with Gasteiger partial charge in [-0.25, -0.2) is 22.0 Å².